The summed E-state index contributed by atoms with van der Waals surface area (Å²) in [4.78, 5) is 2.62. The van der Waals surface area contributed by atoms with Crippen molar-refractivity contribution in [3.63, 3.8) is 0 Å². The van der Waals surface area contributed by atoms with E-state index in [-0.39, 0.29) is 0 Å². The van der Waals surface area contributed by atoms with Crippen molar-refractivity contribution in [3.8, 4) is 11.8 Å². The summed E-state index contributed by atoms with van der Waals surface area (Å²) < 4.78 is 14.6. The molecule has 0 aliphatic rings. The van der Waals surface area contributed by atoms with Crippen LogP contribution in [-0.4, -0.2) is 13.1 Å². The van der Waals surface area contributed by atoms with Crippen molar-refractivity contribution < 1.29 is 4.57 Å². The fourth-order valence-electron chi connectivity index (χ4n) is 6.82. The maximum absolute atomic E-state index is 14.6. The van der Waals surface area contributed by atoms with Crippen LogP contribution in [-0.2, 0) is 4.57 Å². The van der Waals surface area contributed by atoms with Crippen LogP contribution in [0, 0.1) is 11.8 Å². The molecule has 0 N–H and O–H groups in total. The first-order valence-corrected chi connectivity index (χ1v) is 21.8. The molecule has 2 nitrogen and oxygen atoms in total. The summed E-state index contributed by atoms with van der Waals surface area (Å²) in [5, 5.41) is 2.48. The number of hydrogen-bond acceptors (Lipinski definition) is 2. The van der Waals surface area contributed by atoms with Gasteiger partial charge in [-0.25, -0.2) is 0 Å². The lowest BCUT2D eigenvalue weighted by Gasteiger charge is -2.25. The van der Waals surface area contributed by atoms with E-state index in [1.807, 2.05) is 84.9 Å². The molecule has 0 fully saturated rings. The molecule has 0 unspecified atom stereocenters. The molecule has 0 heterocycles. The first-order chi connectivity index (χ1) is 26.1. The van der Waals surface area contributed by atoms with Crippen LogP contribution in [0.25, 0.3) is 12.2 Å². The van der Waals surface area contributed by atoms with E-state index in [1.165, 1.54) is 88.3 Å². The quantitative estimate of drug-likeness (QED) is 0.0345. The second kappa shape index (κ2) is 21.8. The van der Waals surface area contributed by atoms with Gasteiger partial charge in [-0.15, -0.1) is 0 Å². The third-order valence-electron chi connectivity index (χ3n) is 10.0. The fourth-order valence-corrected chi connectivity index (χ4v) is 9.47. The average Bonchev–Trinajstić information content (AvgIpc) is 3.22. The van der Waals surface area contributed by atoms with Crippen molar-refractivity contribution >= 4 is 40.9 Å². The molecule has 3 heteroatoms. The van der Waals surface area contributed by atoms with Gasteiger partial charge < -0.3 is 9.46 Å². The van der Waals surface area contributed by atoms with E-state index < -0.39 is 7.14 Å². The maximum atomic E-state index is 14.6. The Balaban J connectivity index is 1.18. The summed E-state index contributed by atoms with van der Waals surface area (Å²) in [6.07, 6.45) is 20.4. The van der Waals surface area contributed by atoms with Gasteiger partial charge in [-0.1, -0.05) is 187 Å². The lowest BCUT2D eigenvalue weighted by molar-refractivity contribution is 0.575. The minimum absolute atomic E-state index is 0.810. The molecule has 0 radical (unpaired) electrons. The third kappa shape index (κ3) is 12.2. The molecule has 0 saturated carbocycles. The highest BCUT2D eigenvalue weighted by molar-refractivity contribution is 7.85. The van der Waals surface area contributed by atoms with Crippen LogP contribution >= 0.6 is 7.14 Å². The molecule has 5 aromatic carbocycles. The van der Waals surface area contributed by atoms with Crippen LogP contribution in [0.4, 0.5) is 5.69 Å². The van der Waals surface area contributed by atoms with E-state index in [0.29, 0.717) is 0 Å². The van der Waals surface area contributed by atoms with Crippen molar-refractivity contribution in [2.24, 2.45) is 0 Å². The smallest absolute Gasteiger partial charge is 0.171 e. The number of rotatable bonds is 20. The molecule has 0 spiro atoms. The predicted octanol–water partition coefficient (Wildman–Crippen LogP) is 12.4. The summed E-state index contributed by atoms with van der Waals surface area (Å²) in [6, 6.07) is 45.0. The summed E-state index contributed by atoms with van der Waals surface area (Å²) in [6.45, 7) is 6.88. The third-order valence-corrected chi connectivity index (χ3v) is 13.1. The summed E-state index contributed by atoms with van der Waals surface area (Å²) in [7, 11) is -2.99. The molecule has 0 amide bonds. The normalized spacial score (nSPS) is 11.4. The Hall–Kier alpha value is -4.57. The van der Waals surface area contributed by atoms with Crippen LogP contribution < -0.4 is 20.8 Å². The molecular formula is C50H58NOP. The standard InChI is InChI=1S/C50H58NOP/c1-3-5-7-9-11-19-41-51(42-20-12-10-8-6-4-2)47-37-33-45(34-38-47)31-29-43-25-27-44(28-26-43)30-32-46-35-39-50(40-36-46)53(52,48-21-15-13-16-22-48)49-23-17-14-18-24-49/h13-18,21-29,31,33-40H,3-12,19-20,41-42H2,1-2H3/b31-29+. The Morgan fingerprint density at radius 1 is 0.453 bits per heavy atom. The monoisotopic (exact) mass is 719 g/mol. The molecule has 0 saturated heterocycles. The Kier molecular flexibility index (Phi) is 16.3. The molecule has 0 bridgehead atoms. The van der Waals surface area contributed by atoms with E-state index >= 15 is 0 Å². The number of anilines is 1. The minimum Gasteiger partial charge on any atom is -0.372 e. The molecule has 5 aromatic rings. The number of nitrogens with zero attached hydrogens (tertiary/aromatic N) is 1. The maximum Gasteiger partial charge on any atom is 0.171 e. The van der Waals surface area contributed by atoms with Crippen molar-refractivity contribution in [2.45, 2.75) is 90.9 Å². The average molecular weight is 720 g/mol. The van der Waals surface area contributed by atoms with Gasteiger partial charge in [0.1, 0.15) is 0 Å². The molecule has 0 aliphatic heterocycles. The van der Waals surface area contributed by atoms with Gasteiger partial charge >= 0.3 is 0 Å². The first-order valence-electron chi connectivity index (χ1n) is 20.1. The Morgan fingerprint density at radius 3 is 1.28 bits per heavy atom. The van der Waals surface area contributed by atoms with Crippen LogP contribution in [0.3, 0.4) is 0 Å². The second-order valence-corrected chi connectivity index (χ2v) is 16.9. The largest absolute Gasteiger partial charge is 0.372 e. The van der Waals surface area contributed by atoms with Crippen LogP contribution in [0.2, 0.25) is 0 Å². The molecule has 53 heavy (non-hydrogen) atoms. The van der Waals surface area contributed by atoms with Crippen LogP contribution in [0.1, 0.15) is 113 Å². The van der Waals surface area contributed by atoms with Gasteiger partial charge in [-0.3, -0.25) is 0 Å². The van der Waals surface area contributed by atoms with Crippen molar-refractivity contribution in [2.75, 3.05) is 18.0 Å². The Bertz CT molecular complexity index is 1840. The van der Waals surface area contributed by atoms with Crippen molar-refractivity contribution in [3.05, 3.63) is 156 Å². The molecule has 274 valence electrons. The topological polar surface area (TPSA) is 20.3 Å². The zero-order valence-electron chi connectivity index (χ0n) is 32.1. The van der Waals surface area contributed by atoms with E-state index in [4.69, 9.17) is 0 Å². The minimum atomic E-state index is -2.99. The van der Waals surface area contributed by atoms with Gasteiger partial charge in [0.2, 0.25) is 0 Å². The fraction of sp³-hybridized carbons (Fsp3) is 0.320. The molecule has 0 aromatic heterocycles. The Labute approximate surface area is 320 Å². The van der Waals surface area contributed by atoms with Gasteiger partial charge in [0.05, 0.1) is 0 Å². The SMILES string of the molecule is CCCCCCCCN(CCCCCCCC)c1ccc(/C=C/c2ccc(C#Cc3ccc(P(=O)(c4ccccc4)c4ccccc4)cc3)cc2)cc1. The number of unbranched alkanes of at least 4 members (excludes halogenated alkanes) is 10. The summed E-state index contributed by atoms with van der Waals surface area (Å²) >= 11 is 0. The predicted molar refractivity (Wildman–Crippen MR) is 233 cm³/mol. The molecule has 5 rings (SSSR count). The second-order valence-electron chi connectivity index (χ2n) is 14.1. The summed E-state index contributed by atoms with van der Waals surface area (Å²) in [5.74, 6) is 6.60. The Morgan fingerprint density at radius 2 is 0.830 bits per heavy atom. The zero-order valence-corrected chi connectivity index (χ0v) is 33.0. The van der Waals surface area contributed by atoms with E-state index in [0.717, 1.165) is 45.7 Å². The highest BCUT2D eigenvalue weighted by Gasteiger charge is 2.29. The van der Waals surface area contributed by atoms with Crippen LogP contribution in [0.15, 0.2) is 133 Å². The van der Waals surface area contributed by atoms with Crippen molar-refractivity contribution in [1.82, 2.24) is 0 Å². The number of benzene rings is 5. The lowest BCUT2D eigenvalue weighted by Crippen LogP contribution is -2.25. The molecular weight excluding hydrogens is 662 g/mol. The van der Waals surface area contributed by atoms with Gasteiger partial charge in [-0.2, -0.15) is 0 Å². The lowest BCUT2D eigenvalue weighted by atomic mass is 10.1. The van der Waals surface area contributed by atoms with Gasteiger partial charge in [-0.05, 0) is 72.5 Å². The van der Waals surface area contributed by atoms with Crippen molar-refractivity contribution in [1.29, 1.82) is 0 Å². The number of hydrogen-bond donors (Lipinski definition) is 0. The van der Waals surface area contributed by atoms with E-state index in [9.17, 15) is 4.57 Å². The van der Waals surface area contributed by atoms with Gasteiger partial charge in [0.15, 0.2) is 7.14 Å². The van der Waals surface area contributed by atoms with E-state index in [1.54, 1.807) is 0 Å². The highest BCUT2D eigenvalue weighted by Crippen LogP contribution is 2.42. The van der Waals surface area contributed by atoms with Crippen LogP contribution in [0.5, 0.6) is 0 Å². The van der Waals surface area contributed by atoms with Gasteiger partial charge in [0, 0.05) is 45.8 Å². The summed E-state index contributed by atoms with van der Waals surface area (Å²) in [5.41, 5.74) is 5.57. The molecule has 0 atom stereocenters. The zero-order chi connectivity index (χ0) is 37.0. The van der Waals surface area contributed by atoms with E-state index in [2.05, 4.69) is 91.3 Å². The molecule has 0 aliphatic carbocycles. The first kappa shape index (κ1) is 39.6. The van der Waals surface area contributed by atoms with Gasteiger partial charge in [0.25, 0.3) is 0 Å². The highest BCUT2D eigenvalue weighted by atomic mass is 31.2.